The zero-order valence-electron chi connectivity index (χ0n) is 15.7. The Hall–Kier alpha value is -1.87. The van der Waals surface area contributed by atoms with Crippen LogP contribution in [0.25, 0.3) is 10.9 Å². The number of thioether (sulfide) groups is 1. The Kier molecular flexibility index (Phi) is 7.71. The van der Waals surface area contributed by atoms with Gasteiger partial charge in [-0.1, -0.05) is 35.5 Å². The maximum Gasteiger partial charge on any atom is 0.262 e. The number of hydrogen-bond acceptors (Lipinski definition) is 5. The smallest absolute Gasteiger partial charge is 0.262 e. The van der Waals surface area contributed by atoms with Crippen molar-refractivity contribution in [2.24, 2.45) is 0 Å². The standard InChI is InChI=1S/C20H19BrClN3O3S/c1-28-10-4-9-25-19(27)14-8-7-13(22)11-17(14)24-20(25)29-12-18(26)23-16-6-3-2-5-15(16)21/h2-3,5-8,11H,4,9-10,12H2,1H3,(H,23,26). The molecule has 29 heavy (non-hydrogen) atoms. The van der Waals surface area contributed by atoms with Gasteiger partial charge in [0.05, 0.1) is 22.3 Å². The van der Waals surface area contributed by atoms with E-state index in [0.29, 0.717) is 46.3 Å². The van der Waals surface area contributed by atoms with E-state index in [4.69, 9.17) is 16.3 Å². The zero-order chi connectivity index (χ0) is 20.8. The van der Waals surface area contributed by atoms with Gasteiger partial charge < -0.3 is 10.1 Å². The van der Waals surface area contributed by atoms with E-state index < -0.39 is 0 Å². The van der Waals surface area contributed by atoms with Gasteiger partial charge in [0.25, 0.3) is 5.56 Å². The monoisotopic (exact) mass is 495 g/mol. The predicted molar refractivity (Wildman–Crippen MR) is 121 cm³/mol. The SMILES string of the molecule is COCCCn1c(SCC(=O)Nc2ccccc2Br)nc2cc(Cl)ccc2c1=O. The van der Waals surface area contributed by atoms with Gasteiger partial charge in [-0.05, 0) is 52.7 Å². The van der Waals surface area contributed by atoms with Crippen LogP contribution in [0.1, 0.15) is 6.42 Å². The Morgan fingerprint density at radius 1 is 1.31 bits per heavy atom. The number of nitrogens with zero attached hydrogens (tertiary/aromatic N) is 2. The number of fused-ring (bicyclic) bond motifs is 1. The van der Waals surface area contributed by atoms with Gasteiger partial charge in [-0.15, -0.1) is 0 Å². The third-order valence-electron chi connectivity index (χ3n) is 4.09. The number of anilines is 1. The van der Waals surface area contributed by atoms with Gasteiger partial charge in [0.1, 0.15) is 0 Å². The van der Waals surface area contributed by atoms with E-state index in [0.717, 1.165) is 4.47 Å². The van der Waals surface area contributed by atoms with Crippen molar-refractivity contribution < 1.29 is 9.53 Å². The number of hydrogen-bond donors (Lipinski definition) is 1. The molecule has 0 bridgehead atoms. The minimum absolute atomic E-state index is 0.115. The van der Waals surface area contributed by atoms with Gasteiger partial charge in [-0.3, -0.25) is 14.2 Å². The van der Waals surface area contributed by atoms with Crippen molar-refractivity contribution in [3.05, 3.63) is 62.3 Å². The maximum atomic E-state index is 13.0. The average molecular weight is 497 g/mol. The van der Waals surface area contributed by atoms with E-state index in [1.807, 2.05) is 24.3 Å². The number of carbonyl (C=O) groups excluding carboxylic acids is 1. The number of nitrogens with one attached hydrogen (secondary N) is 1. The summed E-state index contributed by atoms with van der Waals surface area (Å²) in [6.45, 7) is 0.976. The van der Waals surface area contributed by atoms with E-state index in [1.54, 1.807) is 29.9 Å². The average Bonchev–Trinajstić information content (AvgIpc) is 2.70. The first-order valence-electron chi connectivity index (χ1n) is 8.86. The number of halogens is 2. The molecule has 0 saturated heterocycles. The number of benzene rings is 2. The molecule has 0 saturated carbocycles. The van der Waals surface area contributed by atoms with Crippen molar-refractivity contribution in [3.63, 3.8) is 0 Å². The minimum Gasteiger partial charge on any atom is -0.385 e. The summed E-state index contributed by atoms with van der Waals surface area (Å²) in [5, 5.41) is 4.32. The second kappa shape index (κ2) is 10.2. The zero-order valence-corrected chi connectivity index (χ0v) is 18.8. The molecule has 1 heterocycles. The van der Waals surface area contributed by atoms with Crippen LogP contribution < -0.4 is 10.9 Å². The summed E-state index contributed by atoms with van der Waals surface area (Å²) in [6, 6.07) is 12.4. The van der Waals surface area contributed by atoms with Crippen LogP contribution in [0, 0.1) is 0 Å². The third-order valence-corrected chi connectivity index (χ3v) is 6.00. The van der Waals surface area contributed by atoms with Gasteiger partial charge in [-0.2, -0.15) is 0 Å². The molecule has 0 spiro atoms. The van der Waals surface area contributed by atoms with E-state index in [2.05, 4.69) is 26.2 Å². The highest BCUT2D eigenvalue weighted by atomic mass is 79.9. The fourth-order valence-electron chi connectivity index (χ4n) is 2.73. The summed E-state index contributed by atoms with van der Waals surface area (Å²) in [5.41, 5.74) is 1.05. The van der Waals surface area contributed by atoms with Gasteiger partial charge in [-0.25, -0.2) is 4.98 Å². The molecule has 6 nitrogen and oxygen atoms in total. The number of para-hydroxylation sites is 1. The summed E-state index contributed by atoms with van der Waals surface area (Å²) >= 11 is 10.7. The second-order valence-electron chi connectivity index (χ2n) is 6.18. The molecular weight excluding hydrogens is 478 g/mol. The summed E-state index contributed by atoms with van der Waals surface area (Å²) in [7, 11) is 1.62. The lowest BCUT2D eigenvalue weighted by atomic mass is 10.2. The van der Waals surface area contributed by atoms with Crippen LogP contribution in [0.15, 0.2) is 56.9 Å². The van der Waals surface area contributed by atoms with Crippen molar-refractivity contribution in [2.75, 3.05) is 24.8 Å². The van der Waals surface area contributed by atoms with Crippen LogP contribution in [0.2, 0.25) is 5.02 Å². The third kappa shape index (κ3) is 5.60. The lowest BCUT2D eigenvalue weighted by Gasteiger charge is -2.13. The lowest BCUT2D eigenvalue weighted by molar-refractivity contribution is -0.113. The highest BCUT2D eigenvalue weighted by molar-refractivity contribution is 9.10. The maximum absolute atomic E-state index is 13.0. The number of rotatable bonds is 8. The Morgan fingerprint density at radius 2 is 2.10 bits per heavy atom. The molecule has 0 fully saturated rings. The summed E-state index contributed by atoms with van der Waals surface area (Å²) in [5.74, 6) is -0.0739. The summed E-state index contributed by atoms with van der Waals surface area (Å²) in [4.78, 5) is 29.9. The van der Waals surface area contributed by atoms with Crippen molar-refractivity contribution in [2.45, 2.75) is 18.1 Å². The fourth-order valence-corrected chi connectivity index (χ4v) is 4.10. The molecule has 9 heteroatoms. The molecule has 1 aromatic heterocycles. The van der Waals surface area contributed by atoms with E-state index in [-0.39, 0.29) is 17.2 Å². The summed E-state index contributed by atoms with van der Waals surface area (Å²) < 4.78 is 7.48. The quantitative estimate of drug-likeness (QED) is 0.281. The molecular formula is C20H19BrClN3O3S. The molecule has 0 atom stereocenters. The predicted octanol–water partition coefficient (Wildman–Crippen LogP) is 4.58. The van der Waals surface area contributed by atoms with E-state index in [9.17, 15) is 9.59 Å². The number of amides is 1. The van der Waals surface area contributed by atoms with E-state index in [1.165, 1.54) is 11.8 Å². The Labute approximate surface area is 185 Å². The van der Waals surface area contributed by atoms with Crippen LogP contribution >= 0.6 is 39.3 Å². The van der Waals surface area contributed by atoms with E-state index >= 15 is 0 Å². The van der Waals surface area contributed by atoms with Crippen LogP contribution in [0.3, 0.4) is 0 Å². The van der Waals surface area contributed by atoms with Crippen molar-refractivity contribution in [1.29, 1.82) is 0 Å². The number of aromatic nitrogens is 2. The molecule has 0 aliphatic rings. The molecule has 0 aliphatic carbocycles. The molecule has 0 aliphatic heterocycles. The molecule has 1 N–H and O–H groups in total. The van der Waals surface area contributed by atoms with Gasteiger partial charge in [0, 0.05) is 29.8 Å². The highest BCUT2D eigenvalue weighted by Gasteiger charge is 2.14. The first kappa shape index (κ1) is 21.8. The highest BCUT2D eigenvalue weighted by Crippen LogP contribution is 2.23. The van der Waals surface area contributed by atoms with Crippen molar-refractivity contribution in [3.8, 4) is 0 Å². The fraction of sp³-hybridized carbons (Fsp3) is 0.250. The van der Waals surface area contributed by atoms with Gasteiger partial charge in [0.15, 0.2) is 5.16 Å². The largest absolute Gasteiger partial charge is 0.385 e. The number of carbonyl (C=O) groups is 1. The summed E-state index contributed by atoms with van der Waals surface area (Å²) in [6.07, 6.45) is 0.661. The second-order valence-corrected chi connectivity index (χ2v) is 8.41. The Balaban J connectivity index is 1.84. The van der Waals surface area contributed by atoms with Crippen molar-refractivity contribution >= 4 is 61.8 Å². The molecule has 0 unspecified atom stereocenters. The normalized spacial score (nSPS) is 11.0. The van der Waals surface area contributed by atoms with Crippen molar-refractivity contribution in [1.82, 2.24) is 9.55 Å². The van der Waals surface area contributed by atoms with Crippen LogP contribution in [0.4, 0.5) is 5.69 Å². The molecule has 0 radical (unpaired) electrons. The van der Waals surface area contributed by atoms with Gasteiger partial charge in [0.2, 0.25) is 5.91 Å². The molecule has 152 valence electrons. The minimum atomic E-state index is -0.189. The number of ether oxygens (including phenoxy) is 1. The Bertz CT molecular complexity index is 1090. The molecule has 1 amide bonds. The van der Waals surface area contributed by atoms with Crippen LogP contribution in [-0.4, -0.2) is 34.9 Å². The lowest BCUT2D eigenvalue weighted by Crippen LogP contribution is -2.25. The number of methoxy groups -OCH3 is 1. The first-order valence-corrected chi connectivity index (χ1v) is 11.0. The first-order chi connectivity index (χ1) is 14.0. The molecule has 2 aromatic carbocycles. The van der Waals surface area contributed by atoms with Crippen LogP contribution in [-0.2, 0) is 16.1 Å². The van der Waals surface area contributed by atoms with Crippen LogP contribution in [0.5, 0.6) is 0 Å². The topological polar surface area (TPSA) is 73.2 Å². The van der Waals surface area contributed by atoms with Gasteiger partial charge >= 0.3 is 0 Å². The Morgan fingerprint density at radius 3 is 2.86 bits per heavy atom. The molecule has 3 aromatic rings. The molecule has 3 rings (SSSR count).